The van der Waals surface area contributed by atoms with Crippen LogP contribution in [0.2, 0.25) is 0 Å². The summed E-state index contributed by atoms with van der Waals surface area (Å²) in [5.41, 5.74) is 21.3. The second-order valence-corrected chi connectivity index (χ2v) is 10.2. The van der Waals surface area contributed by atoms with Crippen LogP contribution < -0.4 is 11.5 Å². The molecule has 0 bridgehead atoms. The molecule has 0 unspecified atom stereocenters. The van der Waals surface area contributed by atoms with Gasteiger partial charge in [0.2, 0.25) is 0 Å². The van der Waals surface area contributed by atoms with E-state index in [4.69, 9.17) is 11.5 Å². The molecule has 0 heterocycles. The van der Waals surface area contributed by atoms with Crippen molar-refractivity contribution in [2.45, 2.75) is 128 Å². The highest BCUT2D eigenvalue weighted by Crippen LogP contribution is 2.49. The Morgan fingerprint density at radius 1 is 0.625 bits per heavy atom. The van der Waals surface area contributed by atoms with E-state index >= 15 is 0 Å². The van der Waals surface area contributed by atoms with Crippen molar-refractivity contribution in [3.63, 3.8) is 0 Å². The molecule has 1 aromatic rings. The number of unbranched alkanes of at least 4 members (excludes halogenated alkanes) is 6. The molecule has 178 valence electrons. The lowest BCUT2D eigenvalue weighted by molar-refractivity contribution is 0.709. The number of anilines is 2. The molecule has 2 heteroatoms. The zero-order valence-corrected chi connectivity index (χ0v) is 20.9. The van der Waals surface area contributed by atoms with E-state index in [0.717, 1.165) is 24.2 Å². The van der Waals surface area contributed by atoms with E-state index in [1.54, 1.807) is 0 Å². The molecule has 32 heavy (non-hydrogen) atoms. The number of rotatable bonds is 12. The van der Waals surface area contributed by atoms with Gasteiger partial charge in [-0.3, -0.25) is 0 Å². The zero-order chi connectivity index (χ0) is 22.8. The number of hydrogen-bond donors (Lipinski definition) is 2. The molecule has 3 rings (SSSR count). The highest BCUT2D eigenvalue weighted by Gasteiger charge is 2.30. The van der Waals surface area contributed by atoms with Gasteiger partial charge in [-0.15, -0.1) is 0 Å². The molecule has 0 radical (unpaired) electrons. The van der Waals surface area contributed by atoms with Crippen molar-refractivity contribution in [2.24, 2.45) is 0 Å². The van der Waals surface area contributed by atoms with Gasteiger partial charge < -0.3 is 11.5 Å². The largest absolute Gasteiger partial charge is 0.398 e. The van der Waals surface area contributed by atoms with Gasteiger partial charge in [-0.05, 0) is 68.8 Å². The minimum atomic E-state index is 0.534. The molecule has 0 atom stereocenters. The van der Waals surface area contributed by atoms with Gasteiger partial charge in [-0.25, -0.2) is 0 Å². The normalized spacial score (nSPS) is 18.1. The maximum atomic E-state index is 6.98. The third kappa shape index (κ3) is 6.21. The highest BCUT2D eigenvalue weighted by molar-refractivity contribution is 5.86. The number of nitrogens with two attached hydrogens (primary N) is 2. The number of nitrogen functional groups attached to an aromatic ring is 2. The smallest absolute Gasteiger partial charge is 0.0447 e. The first-order valence-corrected chi connectivity index (χ1v) is 13.8. The lowest BCUT2D eigenvalue weighted by Crippen LogP contribution is -2.13. The fourth-order valence-electron chi connectivity index (χ4n) is 5.97. The van der Waals surface area contributed by atoms with Gasteiger partial charge in [0, 0.05) is 28.1 Å². The summed E-state index contributed by atoms with van der Waals surface area (Å²) in [4.78, 5) is 0. The molecule has 2 fully saturated rings. The molecule has 0 aromatic heterocycles. The van der Waals surface area contributed by atoms with E-state index in [9.17, 15) is 0 Å². The molecule has 2 saturated carbocycles. The summed E-state index contributed by atoms with van der Waals surface area (Å²) >= 11 is 0. The van der Waals surface area contributed by atoms with E-state index in [1.807, 2.05) is 0 Å². The monoisotopic (exact) mass is 436 g/mol. The molecule has 0 saturated heterocycles. The average Bonchev–Trinajstić information content (AvgIpc) is 3.50. The molecule has 2 aliphatic rings. The Bertz CT molecular complexity index is 715. The number of hydrogen-bond acceptors (Lipinski definition) is 2. The molecule has 1 aromatic carbocycles. The van der Waals surface area contributed by atoms with Gasteiger partial charge in [-0.1, -0.05) is 89.5 Å². The molecule has 0 spiro atoms. The van der Waals surface area contributed by atoms with Gasteiger partial charge in [0.25, 0.3) is 0 Å². The quantitative estimate of drug-likeness (QED) is 0.253. The van der Waals surface area contributed by atoms with Crippen LogP contribution in [0.15, 0.2) is 12.2 Å². The van der Waals surface area contributed by atoms with Crippen molar-refractivity contribution in [3.05, 3.63) is 34.4 Å². The molecule has 0 amide bonds. The van der Waals surface area contributed by atoms with Crippen molar-refractivity contribution < 1.29 is 0 Å². The lowest BCUT2D eigenvalue weighted by atomic mass is 9.80. The lowest BCUT2D eigenvalue weighted by Gasteiger charge is -2.26. The Balaban J connectivity index is 2.06. The van der Waals surface area contributed by atoms with Gasteiger partial charge in [0.15, 0.2) is 0 Å². The average molecular weight is 437 g/mol. The minimum Gasteiger partial charge on any atom is -0.398 e. The third-order valence-electron chi connectivity index (χ3n) is 7.79. The van der Waals surface area contributed by atoms with Gasteiger partial charge >= 0.3 is 0 Å². The number of allylic oxidation sites excluding steroid dienone is 2. The molecule has 2 aliphatic carbocycles. The van der Waals surface area contributed by atoms with Crippen LogP contribution in [0, 0.1) is 0 Å². The van der Waals surface area contributed by atoms with Crippen LogP contribution in [0.25, 0.3) is 12.2 Å². The van der Waals surface area contributed by atoms with Crippen molar-refractivity contribution in [2.75, 3.05) is 11.5 Å². The van der Waals surface area contributed by atoms with Gasteiger partial charge in [0.05, 0.1) is 0 Å². The Labute approximate surface area is 197 Å². The SMILES string of the molecule is CCCCCC=Cc1c(N)c(C2CCCC2)c(N)c(C=CCCCCC)c1C1CCCC1. The zero-order valence-electron chi connectivity index (χ0n) is 20.9. The standard InChI is InChI=1S/C30H48N2/c1-3-5-7-9-11-21-25-27(23-17-13-14-18-23)26(22-12-10-8-6-4-2)30(32)28(29(25)31)24-19-15-16-20-24/h11-12,21-24H,3-10,13-20,31-32H2,1-2H3. The van der Waals surface area contributed by atoms with Crippen LogP contribution in [0.5, 0.6) is 0 Å². The van der Waals surface area contributed by atoms with Crippen LogP contribution in [-0.4, -0.2) is 0 Å². The molecule has 4 N–H and O–H groups in total. The topological polar surface area (TPSA) is 52.0 Å². The fourth-order valence-corrected chi connectivity index (χ4v) is 5.97. The maximum Gasteiger partial charge on any atom is 0.0447 e. The van der Waals surface area contributed by atoms with Crippen LogP contribution in [0.3, 0.4) is 0 Å². The summed E-state index contributed by atoms with van der Waals surface area (Å²) in [7, 11) is 0. The fraction of sp³-hybridized carbons (Fsp3) is 0.667. The first-order valence-electron chi connectivity index (χ1n) is 13.8. The van der Waals surface area contributed by atoms with Crippen LogP contribution >= 0.6 is 0 Å². The Morgan fingerprint density at radius 2 is 1.03 bits per heavy atom. The second kappa shape index (κ2) is 13.1. The van der Waals surface area contributed by atoms with Crippen LogP contribution in [0.4, 0.5) is 11.4 Å². The Hall–Kier alpha value is -1.70. The minimum absolute atomic E-state index is 0.534. The predicted molar refractivity (Wildman–Crippen MR) is 144 cm³/mol. The number of benzene rings is 1. The first-order chi connectivity index (χ1) is 15.7. The summed E-state index contributed by atoms with van der Waals surface area (Å²) in [5, 5.41) is 0. The highest BCUT2D eigenvalue weighted by atomic mass is 14.7. The Kier molecular flexibility index (Phi) is 10.2. The van der Waals surface area contributed by atoms with Gasteiger partial charge in [-0.2, -0.15) is 0 Å². The van der Waals surface area contributed by atoms with Crippen molar-refractivity contribution in [1.82, 2.24) is 0 Å². The van der Waals surface area contributed by atoms with Crippen molar-refractivity contribution >= 4 is 23.5 Å². The van der Waals surface area contributed by atoms with Crippen molar-refractivity contribution in [1.29, 1.82) is 0 Å². The summed E-state index contributed by atoms with van der Waals surface area (Å²) in [5.74, 6) is 1.13. The van der Waals surface area contributed by atoms with Gasteiger partial charge in [0.1, 0.15) is 0 Å². The van der Waals surface area contributed by atoms with Crippen LogP contribution in [0.1, 0.15) is 151 Å². The Morgan fingerprint density at radius 3 is 1.44 bits per heavy atom. The molecule has 2 nitrogen and oxygen atoms in total. The van der Waals surface area contributed by atoms with Crippen LogP contribution in [-0.2, 0) is 0 Å². The predicted octanol–water partition coefficient (Wildman–Crippen LogP) is 9.35. The summed E-state index contributed by atoms with van der Waals surface area (Å²) < 4.78 is 0. The summed E-state index contributed by atoms with van der Waals surface area (Å²) in [6.07, 6.45) is 29.7. The molecular formula is C30H48N2. The van der Waals surface area contributed by atoms with E-state index in [0.29, 0.717) is 11.8 Å². The first kappa shape index (κ1) is 24.9. The third-order valence-corrected chi connectivity index (χ3v) is 7.79. The molecular weight excluding hydrogens is 388 g/mol. The van der Waals surface area contributed by atoms with E-state index in [2.05, 4.69) is 38.2 Å². The summed E-state index contributed by atoms with van der Waals surface area (Å²) in [6.45, 7) is 4.54. The maximum absolute atomic E-state index is 6.98. The molecule has 0 aliphatic heterocycles. The summed E-state index contributed by atoms with van der Waals surface area (Å²) in [6, 6.07) is 0. The van der Waals surface area contributed by atoms with E-state index < -0.39 is 0 Å². The second-order valence-electron chi connectivity index (χ2n) is 10.2. The van der Waals surface area contributed by atoms with E-state index in [-0.39, 0.29) is 0 Å². The van der Waals surface area contributed by atoms with E-state index in [1.165, 1.54) is 112 Å². The van der Waals surface area contributed by atoms with Crippen molar-refractivity contribution in [3.8, 4) is 0 Å².